The molecule has 2 N–H and O–H groups in total. The van der Waals surface area contributed by atoms with Crippen LogP contribution in [0.25, 0.3) is 0 Å². The van der Waals surface area contributed by atoms with Crippen molar-refractivity contribution in [2.45, 2.75) is 19.8 Å². The summed E-state index contributed by atoms with van der Waals surface area (Å²) in [6.45, 7) is 4.38. The molecule has 0 bridgehead atoms. The highest BCUT2D eigenvalue weighted by molar-refractivity contribution is 6.31. The van der Waals surface area contributed by atoms with Crippen molar-refractivity contribution in [3.8, 4) is 0 Å². The molecule has 0 radical (unpaired) electrons. The van der Waals surface area contributed by atoms with Crippen LogP contribution in [-0.2, 0) is 11.2 Å². The van der Waals surface area contributed by atoms with Crippen molar-refractivity contribution >= 4 is 41.0 Å². The summed E-state index contributed by atoms with van der Waals surface area (Å²) in [5.74, 6) is -0.0309. The number of nitrogens with zero attached hydrogens (tertiary/aromatic N) is 5. The zero-order chi connectivity index (χ0) is 23.0. The number of nitrogens with one attached hydrogen (secondary N) is 2. The van der Waals surface area contributed by atoms with Gasteiger partial charge in [-0.25, -0.2) is 14.8 Å². The minimum absolute atomic E-state index is 0.205. The summed E-state index contributed by atoms with van der Waals surface area (Å²) in [4.78, 5) is 14.4. The molecule has 3 aromatic rings. The van der Waals surface area contributed by atoms with Crippen LogP contribution < -0.4 is 15.6 Å². The number of hydrogen-bond donors (Lipinski definition) is 2. The number of pyridine rings is 1. The van der Waals surface area contributed by atoms with E-state index < -0.39 is 5.82 Å². The molecule has 0 aliphatic carbocycles. The maximum Gasteiger partial charge on any atom is 0.245 e. The third kappa shape index (κ3) is 6.36. The van der Waals surface area contributed by atoms with Gasteiger partial charge >= 0.3 is 0 Å². The van der Waals surface area contributed by atoms with E-state index in [9.17, 15) is 4.39 Å². The van der Waals surface area contributed by atoms with E-state index in [1.165, 1.54) is 5.56 Å². The molecule has 2 aromatic heterocycles. The van der Waals surface area contributed by atoms with Gasteiger partial charge < -0.3 is 15.0 Å². The Morgan fingerprint density at radius 1 is 1.15 bits per heavy atom. The molecule has 1 aliphatic rings. The highest BCUT2D eigenvalue weighted by Crippen LogP contribution is 2.23. The number of rotatable bonds is 8. The van der Waals surface area contributed by atoms with Gasteiger partial charge in [-0.05, 0) is 42.3 Å². The topological polar surface area (TPSA) is 87.6 Å². The van der Waals surface area contributed by atoms with Crippen molar-refractivity contribution in [2.75, 3.05) is 41.9 Å². The van der Waals surface area contributed by atoms with Gasteiger partial charge in [-0.3, -0.25) is 4.98 Å². The molecule has 3 heterocycles. The zero-order valence-electron chi connectivity index (χ0n) is 18.3. The van der Waals surface area contributed by atoms with Gasteiger partial charge in [-0.15, -0.1) is 0 Å². The lowest BCUT2D eigenvalue weighted by molar-refractivity contribution is 0.122. The maximum atomic E-state index is 14.1. The Morgan fingerprint density at radius 3 is 2.76 bits per heavy atom. The van der Waals surface area contributed by atoms with E-state index in [4.69, 9.17) is 16.3 Å². The molecule has 4 rings (SSSR count). The molecule has 0 amide bonds. The highest BCUT2D eigenvalue weighted by Gasteiger charge is 2.17. The maximum absolute atomic E-state index is 14.1. The van der Waals surface area contributed by atoms with E-state index in [0.29, 0.717) is 37.0 Å². The van der Waals surface area contributed by atoms with E-state index in [1.807, 2.05) is 29.2 Å². The fourth-order valence-corrected chi connectivity index (χ4v) is 3.70. The zero-order valence-corrected chi connectivity index (χ0v) is 19.0. The number of morpholine rings is 1. The molecule has 0 spiro atoms. The van der Waals surface area contributed by atoms with Crippen molar-refractivity contribution < 1.29 is 9.13 Å². The third-order valence-corrected chi connectivity index (χ3v) is 5.19. The Labute approximate surface area is 196 Å². The lowest BCUT2D eigenvalue weighted by Crippen LogP contribution is -2.37. The van der Waals surface area contributed by atoms with Crippen LogP contribution in [0, 0.1) is 5.82 Å². The van der Waals surface area contributed by atoms with Gasteiger partial charge in [-0.1, -0.05) is 24.9 Å². The normalized spacial score (nSPS) is 14.0. The summed E-state index contributed by atoms with van der Waals surface area (Å²) in [6.07, 6.45) is 6.43. The molecule has 172 valence electrons. The van der Waals surface area contributed by atoms with Crippen LogP contribution in [0.5, 0.6) is 0 Å². The van der Waals surface area contributed by atoms with Gasteiger partial charge in [0.2, 0.25) is 5.95 Å². The van der Waals surface area contributed by atoms with E-state index >= 15 is 0 Å². The summed E-state index contributed by atoms with van der Waals surface area (Å²) in [5, 5.41) is 8.14. The number of anilines is 4. The Hall–Kier alpha value is -3.30. The predicted molar refractivity (Wildman–Crippen MR) is 129 cm³/mol. The standard InChI is InChI=1S/C23H25ClFN7O/c1-2-3-16-10-17(24)12-20(11-16)29-19-5-4-18(26-13-19)14-28-31-23-27-15-21(25)22(30-23)32-6-8-33-9-7-32/h4-5,10-15,29H,2-3,6-9H2,1H3,(H,27,30,31)/b28-14+. The molecule has 0 atom stereocenters. The van der Waals surface area contributed by atoms with Crippen LogP contribution in [0.2, 0.25) is 5.02 Å². The van der Waals surface area contributed by atoms with E-state index in [-0.39, 0.29) is 11.8 Å². The predicted octanol–water partition coefficient (Wildman–Crippen LogP) is 4.64. The minimum atomic E-state index is -0.474. The van der Waals surface area contributed by atoms with Gasteiger partial charge in [-0.2, -0.15) is 10.1 Å². The van der Waals surface area contributed by atoms with Crippen LogP contribution in [0.3, 0.4) is 0 Å². The van der Waals surface area contributed by atoms with E-state index in [2.05, 4.69) is 43.8 Å². The minimum Gasteiger partial charge on any atom is -0.378 e. The molecular weight excluding hydrogens is 445 g/mol. The highest BCUT2D eigenvalue weighted by atomic mass is 35.5. The molecule has 10 heteroatoms. The molecule has 0 saturated carbocycles. The number of benzene rings is 1. The SMILES string of the molecule is CCCc1cc(Cl)cc(Nc2ccc(/C=N/Nc3ncc(F)c(N4CCOCC4)n3)nc2)c1. The average Bonchev–Trinajstić information content (AvgIpc) is 2.82. The fourth-order valence-electron chi connectivity index (χ4n) is 3.44. The number of hydrogen-bond acceptors (Lipinski definition) is 8. The first kappa shape index (κ1) is 22.9. The monoisotopic (exact) mass is 469 g/mol. The summed E-state index contributed by atoms with van der Waals surface area (Å²) in [7, 11) is 0. The second-order valence-corrected chi connectivity index (χ2v) is 7.97. The summed E-state index contributed by atoms with van der Waals surface area (Å²) in [6, 6.07) is 9.68. The van der Waals surface area contributed by atoms with Crippen molar-refractivity contribution in [1.29, 1.82) is 0 Å². The molecule has 1 saturated heterocycles. The molecule has 1 aromatic carbocycles. The number of aryl methyl sites for hydroxylation is 1. The van der Waals surface area contributed by atoms with Gasteiger partial charge in [0.25, 0.3) is 0 Å². The Balaban J connectivity index is 1.37. The molecule has 33 heavy (non-hydrogen) atoms. The number of aromatic nitrogens is 3. The lowest BCUT2D eigenvalue weighted by Gasteiger charge is -2.27. The van der Waals surface area contributed by atoms with Gasteiger partial charge in [0.15, 0.2) is 11.6 Å². The van der Waals surface area contributed by atoms with Gasteiger partial charge in [0.05, 0.1) is 43.2 Å². The number of halogens is 2. The third-order valence-electron chi connectivity index (χ3n) is 4.97. The van der Waals surface area contributed by atoms with Crippen molar-refractivity contribution in [3.63, 3.8) is 0 Å². The quantitative estimate of drug-likeness (QED) is 0.367. The van der Waals surface area contributed by atoms with E-state index in [1.54, 1.807) is 12.4 Å². The van der Waals surface area contributed by atoms with Crippen molar-refractivity contribution in [2.24, 2.45) is 5.10 Å². The van der Waals surface area contributed by atoms with Crippen molar-refractivity contribution in [3.05, 3.63) is 64.8 Å². The largest absolute Gasteiger partial charge is 0.378 e. The Kier molecular flexibility index (Phi) is 7.64. The Bertz CT molecular complexity index is 1100. The first-order valence-corrected chi connectivity index (χ1v) is 11.2. The summed E-state index contributed by atoms with van der Waals surface area (Å²) in [5.41, 5.74) is 6.31. The summed E-state index contributed by atoms with van der Waals surface area (Å²) < 4.78 is 19.4. The van der Waals surface area contributed by atoms with Crippen LogP contribution in [0.1, 0.15) is 24.6 Å². The molecular formula is C23H25ClFN7O. The second kappa shape index (κ2) is 11.0. The first-order chi connectivity index (χ1) is 16.1. The van der Waals surface area contributed by atoms with Crippen LogP contribution >= 0.6 is 11.6 Å². The van der Waals surface area contributed by atoms with Crippen LogP contribution in [-0.4, -0.2) is 47.5 Å². The number of ether oxygens (including phenoxy) is 1. The molecule has 1 aliphatic heterocycles. The number of hydrazone groups is 1. The molecule has 0 unspecified atom stereocenters. The average molecular weight is 470 g/mol. The van der Waals surface area contributed by atoms with Gasteiger partial charge in [0, 0.05) is 23.8 Å². The smallest absolute Gasteiger partial charge is 0.245 e. The van der Waals surface area contributed by atoms with Crippen molar-refractivity contribution in [1.82, 2.24) is 15.0 Å². The first-order valence-electron chi connectivity index (χ1n) is 10.8. The van der Waals surface area contributed by atoms with Crippen LogP contribution in [0.4, 0.5) is 27.5 Å². The van der Waals surface area contributed by atoms with Crippen LogP contribution in [0.15, 0.2) is 47.8 Å². The molecule has 1 fully saturated rings. The Morgan fingerprint density at radius 2 is 2.00 bits per heavy atom. The van der Waals surface area contributed by atoms with E-state index in [0.717, 1.165) is 30.4 Å². The molecule has 8 nitrogen and oxygen atoms in total. The summed E-state index contributed by atoms with van der Waals surface area (Å²) >= 11 is 6.23. The second-order valence-electron chi connectivity index (χ2n) is 7.53. The van der Waals surface area contributed by atoms with Gasteiger partial charge in [0.1, 0.15) is 0 Å². The fraction of sp³-hybridized carbons (Fsp3) is 0.304. The lowest BCUT2D eigenvalue weighted by atomic mass is 10.1.